The quantitative estimate of drug-likeness (QED) is 0.358. The number of nitrogens with two attached hydrogens (primary N) is 1. The van der Waals surface area contributed by atoms with Crippen molar-refractivity contribution >= 4 is 41.6 Å². The Bertz CT molecular complexity index is 1160. The number of piperazine rings is 1. The molecule has 1 aromatic heterocycles. The van der Waals surface area contributed by atoms with Gasteiger partial charge in [-0.15, -0.1) is 12.8 Å². The molecule has 0 bridgehead atoms. The summed E-state index contributed by atoms with van der Waals surface area (Å²) in [5.41, 5.74) is 4.89. The van der Waals surface area contributed by atoms with Gasteiger partial charge in [-0.05, 0) is 68.1 Å². The van der Waals surface area contributed by atoms with Gasteiger partial charge in [0.2, 0.25) is 5.95 Å². The van der Waals surface area contributed by atoms with Crippen LogP contribution < -0.4 is 20.7 Å². The van der Waals surface area contributed by atoms with E-state index in [2.05, 4.69) is 86.6 Å². The Morgan fingerprint density at radius 2 is 1.71 bits per heavy atom. The third kappa shape index (κ3) is 6.04. The topological polar surface area (TPSA) is 82.3 Å². The van der Waals surface area contributed by atoms with E-state index < -0.39 is 0 Å². The first-order valence-electron chi connectivity index (χ1n) is 11.9. The summed E-state index contributed by atoms with van der Waals surface area (Å²) in [7, 11) is 2.09. The Balaban J connectivity index is 0.00000141. The number of likely N-dealkylation sites (N-methyl/N-ethyl adjacent to an activating group) is 1. The molecule has 2 aliphatic rings. The van der Waals surface area contributed by atoms with Gasteiger partial charge in [0.1, 0.15) is 11.6 Å². The normalized spacial score (nSPS) is 16.8. The molecular weight excluding hydrogens is 461 g/mol. The average Bonchev–Trinajstić information content (AvgIpc) is 3.62. The molecule has 2 aromatic carbocycles. The van der Waals surface area contributed by atoms with Crippen molar-refractivity contribution < 1.29 is 4.39 Å². The van der Waals surface area contributed by atoms with E-state index in [1.807, 2.05) is 19.1 Å². The van der Waals surface area contributed by atoms with Gasteiger partial charge in [0, 0.05) is 49.3 Å². The summed E-state index contributed by atoms with van der Waals surface area (Å²) in [4.78, 5) is 13.4. The number of nitrogens with zero attached hydrogens (tertiary/aromatic N) is 4. The molecule has 2 heterocycles. The van der Waals surface area contributed by atoms with Crippen molar-refractivity contribution in [3.8, 4) is 0 Å². The van der Waals surface area contributed by atoms with Gasteiger partial charge < -0.3 is 20.4 Å². The summed E-state index contributed by atoms with van der Waals surface area (Å²) < 4.78 is 14.9. The molecule has 0 unspecified atom stereocenters. The zero-order valence-electron chi connectivity index (χ0n) is 20.6. The summed E-state index contributed by atoms with van der Waals surface area (Å²) in [6, 6.07) is 13.8. The number of aromatic nitrogens is 2. The first-order chi connectivity index (χ1) is 16.9. The van der Waals surface area contributed by atoms with Gasteiger partial charge in [-0.25, -0.2) is 9.37 Å². The van der Waals surface area contributed by atoms with Gasteiger partial charge in [-0.3, -0.25) is 5.14 Å². The van der Waals surface area contributed by atoms with Gasteiger partial charge in [-0.1, -0.05) is 19.1 Å². The molecule has 7 nitrogen and oxygen atoms in total. The van der Waals surface area contributed by atoms with Gasteiger partial charge in [0.05, 0.1) is 5.69 Å². The molecule has 2 fully saturated rings. The van der Waals surface area contributed by atoms with Crippen molar-refractivity contribution in [3.63, 3.8) is 0 Å². The van der Waals surface area contributed by atoms with Crippen molar-refractivity contribution in [1.29, 1.82) is 0 Å². The van der Waals surface area contributed by atoms with Crippen LogP contribution in [-0.4, -0.2) is 48.1 Å². The third-order valence-electron chi connectivity index (χ3n) is 6.84. The Kier molecular flexibility index (Phi) is 7.78. The van der Waals surface area contributed by atoms with E-state index in [9.17, 15) is 4.39 Å². The second-order valence-corrected chi connectivity index (χ2v) is 9.57. The predicted octanol–water partition coefficient (Wildman–Crippen LogP) is 5.00. The van der Waals surface area contributed by atoms with Gasteiger partial charge >= 0.3 is 0 Å². The van der Waals surface area contributed by atoms with Crippen LogP contribution in [0, 0.1) is 12.7 Å². The highest BCUT2D eigenvalue weighted by atomic mass is 32.1. The van der Waals surface area contributed by atoms with Gasteiger partial charge in [-0.2, -0.15) is 4.98 Å². The van der Waals surface area contributed by atoms with Crippen LogP contribution in [0.1, 0.15) is 30.9 Å². The molecule has 3 aromatic rings. The number of rotatable bonds is 6. The SMILES string of the molecule is Cc1cnc(Nc2ccc(N3CCN(C)CC3)c(F)c2)nc1Nc1cccc(C2(C)CC2)c1.NS. The molecule has 186 valence electrons. The fourth-order valence-electron chi connectivity index (χ4n) is 4.23. The van der Waals surface area contributed by atoms with E-state index in [0.29, 0.717) is 22.7 Å². The van der Waals surface area contributed by atoms with E-state index in [-0.39, 0.29) is 5.82 Å². The Hall–Kier alpha value is -2.88. The summed E-state index contributed by atoms with van der Waals surface area (Å²) in [6.07, 6.45) is 4.25. The average molecular weight is 496 g/mol. The third-order valence-corrected chi connectivity index (χ3v) is 6.84. The summed E-state index contributed by atoms with van der Waals surface area (Å²) in [6.45, 7) is 7.82. The lowest BCUT2D eigenvalue weighted by molar-refractivity contribution is 0.311. The fourth-order valence-corrected chi connectivity index (χ4v) is 4.23. The minimum atomic E-state index is -0.236. The van der Waals surface area contributed by atoms with E-state index >= 15 is 0 Å². The smallest absolute Gasteiger partial charge is 0.229 e. The van der Waals surface area contributed by atoms with Gasteiger partial charge in [0.15, 0.2) is 0 Å². The van der Waals surface area contributed by atoms with E-state index in [1.54, 1.807) is 6.20 Å². The molecule has 0 atom stereocenters. The van der Waals surface area contributed by atoms with Crippen molar-refractivity contribution in [2.75, 3.05) is 48.8 Å². The second-order valence-electron chi connectivity index (χ2n) is 9.57. The lowest BCUT2D eigenvalue weighted by Crippen LogP contribution is -2.44. The maximum atomic E-state index is 14.9. The molecule has 0 amide bonds. The van der Waals surface area contributed by atoms with Crippen molar-refractivity contribution in [1.82, 2.24) is 14.9 Å². The maximum Gasteiger partial charge on any atom is 0.229 e. The number of aryl methyl sites for hydroxylation is 1. The summed E-state index contributed by atoms with van der Waals surface area (Å²) >= 11 is 3.03. The number of halogens is 1. The zero-order chi connectivity index (χ0) is 25.0. The lowest BCUT2D eigenvalue weighted by atomic mass is 9.98. The number of hydrogen-bond acceptors (Lipinski definition) is 8. The zero-order valence-corrected chi connectivity index (χ0v) is 21.4. The second kappa shape index (κ2) is 10.8. The van der Waals surface area contributed by atoms with Gasteiger partial charge in [0.25, 0.3) is 0 Å². The number of anilines is 5. The molecule has 1 saturated carbocycles. The van der Waals surface area contributed by atoms with Crippen LogP contribution in [0.3, 0.4) is 0 Å². The minimum absolute atomic E-state index is 0.236. The minimum Gasteiger partial charge on any atom is -0.367 e. The maximum absolute atomic E-state index is 14.9. The number of benzene rings is 2. The molecule has 1 saturated heterocycles. The van der Waals surface area contributed by atoms with E-state index in [0.717, 1.165) is 43.2 Å². The molecule has 0 radical (unpaired) electrons. The standard InChI is InChI=1S/C26H31FN6.H3NS/c1-18-17-28-25(31-24(18)29-20-6-4-5-19(15-20)26(2)9-10-26)30-21-7-8-23(22(27)16-21)33-13-11-32(3)12-14-33;1-2/h4-8,15-17H,9-14H2,1-3H3,(H2,28,29,30,31);2H,1H2. The van der Waals surface area contributed by atoms with Crippen LogP contribution in [-0.2, 0) is 5.41 Å². The monoisotopic (exact) mass is 495 g/mol. The lowest BCUT2D eigenvalue weighted by Gasteiger charge is -2.34. The fraction of sp³-hybridized carbons (Fsp3) is 0.385. The first kappa shape index (κ1) is 25.2. The molecule has 1 aliphatic heterocycles. The molecule has 0 spiro atoms. The van der Waals surface area contributed by atoms with Crippen molar-refractivity contribution in [2.45, 2.75) is 32.1 Å². The largest absolute Gasteiger partial charge is 0.367 e. The van der Waals surface area contributed by atoms with Crippen LogP contribution in [0.15, 0.2) is 48.7 Å². The first-order valence-corrected chi connectivity index (χ1v) is 12.4. The number of nitrogens with one attached hydrogen (secondary N) is 2. The van der Waals surface area contributed by atoms with Crippen LogP contribution in [0.2, 0.25) is 0 Å². The number of thiol groups is 1. The number of hydrogen-bond donors (Lipinski definition) is 4. The van der Waals surface area contributed by atoms with E-state index in [1.165, 1.54) is 24.5 Å². The molecule has 35 heavy (non-hydrogen) atoms. The highest BCUT2D eigenvalue weighted by Gasteiger charge is 2.38. The van der Waals surface area contributed by atoms with Crippen molar-refractivity contribution in [3.05, 3.63) is 65.6 Å². The van der Waals surface area contributed by atoms with Crippen LogP contribution in [0.4, 0.5) is 33.2 Å². The Morgan fingerprint density at radius 1 is 1.00 bits per heavy atom. The molecule has 1 aliphatic carbocycles. The highest BCUT2D eigenvalue weighted by Crippen LogP contribution is 2.48. The Morgan fingerprint density at radius 3 is 2.40 bits per heavy atom. The summed E-state index contributed by atoms with van der Waals surface area (Å²) in [5.74, 6) is 0.931. The van der Waals surface area contributed by atoms with Crippen LogP contribution in [0.5, 0.6) is 0 Å². The van der Waals surface area contributed by atoms with Crippen molar-refractivity contribution in [2.24, 2.45) is 5.14 Å². The van der Waals surface area contributed by atoms with Crippen LogP contribution >= 0.6 is 12.8 Å². The molecule has 5 rings (SSSR count). The molecule has 4 N–H and O–H groups in total. The molecular formula is C26H34FN7S. The highest BCUT2D eigenvalue weighted by molar-refractivity contribution is 7.77. The Labute approximate surface area is 212 Å². The molecule has 9 heteroatoms. The van der Waals surface area contributed by atoms with E-state index in [4.69, 9.17) is 0 Å². The predicted molar refractivity (Wildman–Crippen MR) is 146 cm³/mol. The van der Waals surface area contributed by atoms with Crippen LogP contribution in [0.25, 0.3) is 0 Å². The summed E-state index contributed by atoms with van der Waals surface area (Å²) in [5, 5.41) is 10.8.